The van der Waals surface area contributed by atoms with Crippen LogP contribution in [0.25, 0.3) is 10.8 Å². The van der Waals surface area contributed by atoms with Gasteiger partial charge in [-0.15, -0.1) is 0 Å². The molecule has 3 rings (SSSR count). The lowest BCUT2D eigenvalue weighted by atomic mass is 9.99. The fourth-order valence-corrected chi connectivity index (χ4v) is 4.42. The molecule has 0 saturated heterocycles. The number of nitrogens with zero attached hydrogens (tertiary/aromatic N) is 1. The Kier molecular flexibility index (Phi) is 5.74. The minimum absolute atomic E-state index is 0.0763. The Morgan fingerprint density at radius 2 is 1.71 bits per heavy atom. The van der Waals surface area contributed by atoms with Crippen molar-refractivity contribution < 1.29 is 13.2 Å². The summed E-state index contributed by atoms with van der Waals surface area (Å²) in [5.41, 5.74) is 1.22. The van der Waals surface area contributed by atoms with E-state index in [9.17, 15) is 13.2 Å². The first-order chi connectivity index (χ1) is 13.2. The summed E-state index contributed by atoms with van der Waals surface area (Å²) in [6.07, 6.45) is 0. The van der Waals surface area contributed by atoms with Crippen LogP contribution in [0, 0.1) is 0 Å². The van der Waals surface area contributed by atoms with Crippen molar-refractivity contribution in [1.29, 1.82) is 0 Å². The van der Waals surface area contributed by atoms with Crippen LogP contribution in [-0.2, 0) is 10.0 Å². The van der Waals surface area contributed by atoms with Gasteiger partial charge in [0.25, 0.3) is 5.91 Å². The number of benzene rings is 3. The summed E-state index contributed by atoms with van der Waals surface area (Å²) in [4.78, 5) is 12.7. The van der Waals surface area contributed by atoms with Crippen molar-refractivity contribution in [3.63, 3.8) is 0 Å². The molecule has 0 fully saturated rings. The van der Waals surface area contributed by atoms with E-state index in [2.05, 4.69) is 5.32 Å². The van der Waals surface area contributed by atoms with E-state index >= 15 is 0 Å². The summed E-state index contributed by atoms with van der Waals surface area (Å²) in [6.45, 7) is 1.90. The number of rotatable bonds is 5. The van der Waals surface area contributed by atoms with Crippen molar-refractivity contribution >= 4 is 38.3 Å². The number of carbonyl (C=O) groups is 1. The number of hydrogen-bond donors (Lipinski definition) is 1. The number of halogens is 1. The number of fused-ring (bicyclic) bond motifs is 1. The van der Waals surface area contributed by atoms with Crippen LogP contribution in [0.3, 0.4) is 0 Å². The molecule has 0 aromatic heterocycles. The fraction of sp³-hybridized carbons (Fsp3) is 0.190. The molecule has 0 radical (unpaired) electrons. The van der Waals surface area contributed by atoms with Crippen molar-refractivity contribution in [2.45, 2.75) is 17.9 Å². The molecule has 1 N–H and O–H groups in total. The first-order valence-electron chi connectivity index (χ1n) is 8.72. The van der Waals surface area contributed by atoms with Crippen molar-refractivity contribution in [3.8, 4) is 0 Å². The predicted octanol–water partition coefficient (Wildman–Crippen LogP) is 4.23. The highest BCUT2D eigenvalue weighted by Crippen LogP contribution is 2.27. The molecule has 0 saturated carbocycles. The van der Waals surface area contributed by atoms with Gasteiger partial charge in [-0.05, 0) is 41.5 Å². The van der Waals surface area contributed by atoms with Crippen LogP contribution in [0.5, 0.6) is 0 Å². The van der Waals surface area contributed by atoms with Gasteiger partial charge in [-0.25, -0.2) is 12.7 Å². The highest BCUT2D eigenvalue weighted by Gasteiger charge is 2.23. The maximum Gasteiger partial charge on any atom is 0.251 e. The Labute approximate surface area is 170 Å². The minimum Gasteiger partial charge on any atom is -0.345 e. The van der Waals surface area contributed by atoms with Gasteiger partial charge in [0.05, 0.1) is 11.1 Å². The lowest BCUT2D eigenvalue weighted by Crippen LogP contribution is -2.27. The summed E-state index contributed by atoms with van der Waals surface area (Å²) in [5, 5.41) is 5.17. The normalized spacial score (nSPS) is 12.9. The van der Waals surface area contributed by atoms with Gasteiger partial charge in [-0.1, -0.05) is 54.1 Å². The molecule has 5 nitrogen and oxygen atoms in total. The Hall–Kier alpha value is -2.41. The van der Waals surface area contributed by atoms with Crippen LogP contribution < -0.4 is 5.32 Å². The number of amides is 1. The zero-order chi connectivity index (χ0) is 20.5. The van der Waals surface area contributed by atoms with E-state index in [1.54, 1.807) is 0 Å². The molecule has 0 spiro atoms. The Balaban J connectivity index is 1.91. The van der Waals surface area contributed by atoms with Crippen molar-refractivity contribution in [3.05, 3.63) is 76.8 Å². The second kappa shape index (κ2) is 7.91. The number of carbonyl (C=O) groups excluding carboxylic acids is 1. The van der Waals surface area contributed by atoms with Gasteiger partial charge in [-0.2, -0.15) is 0 Å². The van der Waals surface area contributed by atoms with Gasteiger partial charge < -0.3 is 5.32 Å². The summed E-state index contributed by atoms with van der Waals surface area (Å²) in [5.74, 6) is -0.368. The third-order valence-electron chi connectivity index (χ3n) is 4.59. The minimum atomic E-state index is -3.75. The van der Waals surface area contributed by atoms with Crippen LogP contribution in [0.15, 0.2) is 65.6 Å². The van der Waals surface area contributed by atoms with E-state index in [4.69, 9.17) is 11.6 Å². The quantitative estimate of drug-likeness (QED) is 0.676. The summed E-state index contributed by atoms with van der Waals surface area (Å²) in [7, 11) is -0.916. The number of nitrogens with one attached hydrogen (secondary N) is 1. The monoisotopic (exact) mass is 416 g/mol. The number of hydrogen-bond acceptors (Lipinski definition) is 3. The van der Waals surface area contributed by atoms with Gasteiger partial charge >= 0.3 is 0 Å². The summed E-state index contributed by atoms with van der Waals surface area (Å²) in [6, 6.07) is 17.9. The molecule has 3 aromatic rings. The summed E-state index contributed by atoms with van der Waals surface area (Å²) < 4.78 is 25.9. The van der Waals surface area contributed by atoms with Gasteiger partial charge in [0, 0.05) is 19.7 Å². The standard InChI is InChI=1S/C21H21ClN2O3S/c1-14(17-10-6-8-15-7-4-5-9-18(15)17)23-21(25)16-11-12-19(22)20(13-16)28(26,27)24(2)3/h4-14H,1-3H3,(H,23,25). The highest BCUT2D eigenvalue weighted by molar-refractivity contribution is 7.89. The molecule has 1 amide bonds. The molecule has 1 unspecified atom stereocenters. The van der Waals surface area contributed by atoms with Gasteiger partial charge in [-0.3, -0.25) is 4.79 Å². The average molecular weight is 417 g/mol. The van der Waals surface area contributed by atoms with E-state index in [1.165, 1.54) is 32.3 Å². The molecular weight excluding hydrogens is 396 g/mol. The molecule has 0 aliphatic heterocycles. The Morgan fingerprint density at radius 1 is 1.04 bits per heavy atom. The third-order valence-corrected chi connectivity index (χ3v) is 6.89. The van der Waals surface area contributed by atoms with Crippen molar-refractivity contribution in [2.24, 2.45) is 0 Å². The molecule has 28 heavy (non-hydrogen) atoms. The van der Waals surface area contributed by atoms with Crippen LogP contribution >= 0.6 is 11.6 Å². The van der Waals surface area contributed by atoms with E-state index in [0.29, 0.717) is 0 Å². The van der Waals surface area contributed by atoms with Crippen molar-refractivity contribution in [2.75, 3.05) is 14.1 Å². The molecule has 3 aromatic carbocycles. The average Bonchev–Trinajstić information content (AvgIpc) is 2.67. The zero-order valence-corrected chi connectivity index (χ0v) is 17.4. The fourth-order valence-electron chi connectivity index (χ4n) is 3.02. The topological polar surface area (TPSA) is 66.5 Å². The van der Waals surface area contributed by atoms with Gasteiger partial charge in [0.15, 0.2) is 0 Å². The van der Waals surface area contributed by atoms with E-state index in [-0.39, 0.29) is 27.4 Å². The predicted molar refractivity (Wildman–Crippen MR) is 112 cm³/mol. The Bertz CT molecular complexity index is 1140. The van der Waals surface area contributed by atoms with Crippen LogP contribution in [0.2, 0.25) is 5.02 Å². The second-order valence-corrected chi connectivity index (χ2v) is 9.22. The molecule has 1 atom stereocenters. The summed E-state index contributed by atoms with van der Waals surface area (Å²) >= 11 is 6.06. The zero-order valence-electron chi connectivity index (χ0n) is 15.8. The van der Waals surface area contributed by atoms with Gasteiger partial charge in [0.1, 0.15) is 4.90 Å². The Morgan fingerprint density at radius 3 is 2.43 bits per heavy atom. The first-order valence-corrected chi connectivity index (χ1v) is 10.5. The molecule has 146 valence electrons. The first kappa shape index (κ1) is 20.3. The maximum absolute atomic E-state index is 12.8. The smallest absolute Gasteiger partial charge is 0.251 e. The van der Waals surface area contributed by atoms with Crippen LogP contribution in [0.4, 0.5) is 0 Å². The molecular formula is C21H21ClN2O3S. The van der Waals surface area contributed by atoms with E-state index in [0.717, 1.165) is 20.6 Å². The molecule has 0 aliphatic rings. The largest absolute Gasteiger partial charge is 0.345 e. The van der Waals surface area contributed by atoms with Crippen LogP contribution in [0.1, 0.15) is 28.9 Å². The van der Waals surface area contributed by atoms with Gasteiger partial charge in [0.2, 0.25) is 10.0 Å². The second-order valence-electron chi connectivity index (χ2n) is 6.70. The van der Waals surface area contributed by atoms with E-state index < -0.39 is 10.0 Å². The SMILES string of the molecule is CC(NC(=O)c1ccc(Cl)c(S(=O)(=O)N(C)C)c1)c1cccc2ccccc12. The van der Waals surface area contributed by atoms with Crippen molar-refractivity contribution in [1.82, 2.24) is 9.62 Å². The molecule has 0 heterocycles. The highest BCUT2D eigenvalue weighted by atomic mass is 35.5. The lowest BCUT2D eigenvalue weighted by molar-refractivity contribution is 0.0940. The lowest BCUT2D eigenvalue weighted by Gasteiger charge is -2.18. The van der Waals surface area contributed by atoms with Crippen LogP contribution in [-0.4, -0.2) is 32.7 Å². The van der Waals surface area contributed by atoms with E-state index in [1.807, 2.05) is 49.4 Å². The number of sulfonamides is 1. The third kappa shape index (κ3) is 3.90. The molecule has 7 heteroatoms. The molecule has 0 bridgehead atoms. The maximum atomic E-state index is 12.8. The molecule has 0 aliphatic carbocycles.